The lowest BCUT2D eigenvalue weighted by molar-refractivity contribution is -0.132. The molecule has 1 saturated heterocycles. The Kier molecular flexibility index (Phi) is 5.18. The molecule has 1 aliphatic heterocycles. The van der Waals surface area contributed by atoms with Crippen molar-refractivity contribution in [2.45, 2.75) is 19.4 Å². The second-order valence-corrected chi connectivity index (χ2v) is 7.24. The summed E-state index contributed by atoms with van der Waals surface area (Å²) in [7, 11) is 0. The molecule has 2 heterocycles. The summed E-state index contributed by atoms with van der Waals surface area (Å²) in [5.74, 6) is -2.42. The standard InChI is InChI=1S/C23H17ClFNO4/c1-2-13-5-7-14(8-6-13)21(27)19-20(18-4-3-11-30-18)26(23(29)22(19)28)15-9-10-17(25)16(24)12-15/h3-12,20,27H,2H2,1H3/b21-19-. The fourth-order valence-corrected chi connectivity index (χ4v) is 3.68. The highest BCUT2D eigenvalue weighted by atomic mass is 35.5. The molecule has 1 fully saturated rings. The molecule has 0 spiro atoms. The van der Waals surface area contributed by atoms with Gasteiger partial charge in [-0.25, -0.2) is 4.39 Å². The molecule has 1 unspecified atom stereocenters. The van der Waals surface area contributed by atoms with Crippen molar-refractivity contribution in [2.75, 3.05) is 4.90 Å². The van der Waals surface area contributed by atoms with Crippen LogP contribution in [0.1, 0.15) is 29.9 Å². The average Bonchev–Trinajstić information content (AvgIpc) is 3.37. The Morgan fingerprint density at radius 2 is 1.90 bits per heavy atom. The van der Waals surface area contributed by atoms with Gasteiger partial charge in [0.15, 0.2) is 0 Å². The maximum Gasteiger partial charge on any atom is 0.300 e. The largest absolute Gasteiger partial charge is 0.507 e. The van der Waals surface area contributed by atoms with Crippen molar-refractivity contribution in [1.82, 2.24) is 0 Å². The number of halogens is 2. The summed E-state index contributed by atoms with van der Waals surface area (Å²) in [6, 6.07) is 13.0. The maximum atomic E-state index is 13.6. The van der Waals surface area contributed by atoms with Crippen LogP contribution in [-0.2, 0) is 16.0 Å². The van der Waals surface area contributed by atoms with E-state index in [4.69, 9.17) is 16.0 Å². The second kappa shape index (κ2) is 7.80. The van der Waals surface area contributed by atoms with E-state index in [2.05, 4.69) is 0 Å². The number of aliphatic hydroxyl groups is 1. The van der Waals surface area contributed by atoms with Crippen molar-refractivity contribution in [3.8, 4) is 0 Å². The number of rotatable bonds is 4. The zero-order chi connectivity index (χ0) is 21.4. The number of benzene rings is 2. The number of nitrogens with zero attached hydrogens (tertiary/aromatic N) is 1. The molecule has 152 valence electrons. The van der Waals surface area contributed by atoms with Crippen molar-refractivity contribution < 1.29 is 23.5 Å². The lowest BCUT2D eigenvalue weighted by Gasteiger charge is -2.23. The summed E-state index contributed by atoms with van der Waals surface area (Å²) < 4.78 is 19.1. The molecular weight excluding hydrogens is 409 g/mol. The van der Waals surface area contributed by atoms with Crippen LogP contribution in [0.4, 0.5) is 10.1 Å². The van der Waals surface area contributed by atoms with Gasteiger partial charge >= 0.3 is 0 Å². The van der Waals surface area contributed by atoms with Crippen LogP contribution in [0.25, 0.3) is 5.76 Å². The van der Waals surface area contributed by atoms with Crippen LogP contribution in [0.15, 0.2) is 70.9 Å². The van der Waals surface area contributed by atoms with E-state index in [1.165, 1.54) is 18.4 Å². The van der Waals surface area contributed by atoms with Crippen LogP contribution in [0.3, 0.4) is 0 Å². The fraction of sp³-hybridized carbons (Fsp3) is 0.130. The predicted molar refractivity (Wildman–Crippen MR) is 111 cm³/mol. The van der Waals surface area contributed by atoms with Gasteiger partial charge in [0.05, 0.1) is 16.9 Å². The van der Waals surface area contributed by atoms with Gasteiger partial charge in [-0.15, -0.1) is 0 Å². The topological polar surface area (TPSA) is 70.8 Å². The first-order valence-electron chi connectivity index (χ1n) is 9.31. The quantitative estimate of drug-likeness (QED) is 0.351. The molecule has 0 radical (unpaired) electrons. The molecule has 7 heteroatoms. The van der Waals surface area contributed by atoms with Crippen LogP contribution in [0.2, 0.25) is 5.02 Å². The number of carbonyl (C=O) groups is 2. The summed E-state index contributed by atoms with van der Waals surface area (Å²) >= 11 is 5.89. The monoisotopic (exact) mass is 425 g/mol. The Morgan fingerprint density at radius 1 is 1.17 bits per heavy atom. The normalized spacial score (nSPS) is 18.2. The molecule has 0 aliphatic carbocycles. The van der Waals surface area contributed by atoms with Gasteiger partial charge in [0.2, 0.25) is 0 Å². The number of amides is 1. The molecule has 0 bridgehead atoms. The third-order valence-electron chi connectivity index (χ3n) is 5.07. The molecule has 4 rings (SSSR count). The van der Waals surface area contributed by atoms with E-state index in [1.54, 1.807) is 24.3 Å². The lowest BCUT2D eigenvalue weighted by atomic mass is 9.98. The number of Topliss-reactive ketones (excluding diaryl/α,β-unsaturated/α-hetero) is 1. The van der Waals surface area contributed by atoms with E-state index in [1.807, 2.05) is 19.1 Å². The number of hydrogen-bond acceptors (Lipinski definition) is 4. The second-order valence-electron chi connectivity index (χ2n) is 6.83. The van der Waals surface area contributed by atoms with Crippen LogP contribution in [-0.4, -0.2) is 16.8 Å². The SMILES string of the molecule is CCc1ccc(/C(O)=C2/C(=O)C(=O)N(c3ccc(F)c(Cl)c3)C2c2ccco2)cc1. The highest BCUT2D eigenvalue weighted by Gasteiger charge is 2.48. The van der Waals surface area contributed by atoms with Gasteiger partial charge < -0.3 is 9.52 Å². The van der Waals surface area contributed by atoms with Crippen LogP contribution < -0.4 is 4.90 Å². The Bertz CT molecular complexity index is 1150. The van der Waals surface area contributed by atoms with Gasteiger partial charge in [-0.3, -0.25) is 14.5 Å². The Morgan fingerprint density at radius 3 is 2.50 bits per heavy atom. The lowest BCUT2D eigenvalue weighted by Crippen LogP contribution is -2.29. The van der Waals surface area contributed by atoms with Gasteiger partial charge in [0.25, 0.3) is 11.7 Å². The number of aliphatic hydroxyl groups excluding tert-OH is 1. The summed E-state index contributed by atoms with van der Waals surface area (Å²) in [4.78, 5) is 27.0. The van der Waals surface area contributed by atoms with Crippen molar-refractivity contribution in [3.63, 3.8) is 0 Å². The number of furan rings is 1. The van der Waals surface area contributed by atoms with Gasteiger partial charge in [-0.05, 0) is 42.3 Å². The van der Waals surface area contributed by atoms with E-state index < -0.39 is 23.5 Å². The van der Waals surface area contributed by atoms with Gasteiger partial charge in [0.1, 0.15) is 23.4 Å². The van der Waals surface area contributed by atoms with E-state index in [0.717, 1.165) is 23.0 Å². The molecule has 1 aliphatic rings. The molecule has 1 N–H and O–H groups in total. The molecule has 5 nitrogen and oxygen atoms in total. The first-order valence-corrected chi connectivity index (χ1v) is 9.69. The highest BCUT2D eigenvalue weighted by Crippen LogP contribution is 2.42. The first-order chi connectivity index (χ1) is 14.4. The number of aryl methyl sites for hydroxylation is 1. The third-order valence-corrected chi connectivity index (χ3v) is 5.36. The molecule has 0 saturated carbocycles. The van der Waals surface area contributed by atoms with Crippen LogP contribution in [0, 0.1) is 5.82 Å². The van der Waals surface area contributed by atoms with E-state index >= 15 is 0 Å². The summed E-state index contributed by atoms with van der Waals surface area (Å²) in [6.45, 7) is 2.01. The summed E-state index contributed by atoms with van der Waals surface area (Å²) in [5, 5.41) is 10.8. The minimum atomic E-state index is -1.02. The predicted octanol–water partition coefficient (Wildman–Crippen LogP) is 5.26. The molecular formula is C23H17ClFNO4. The van der Waals surface area contributed by atoms with Crippen molar-refractivity contribution in [3.05, 3.63) is 94.2 Å². The molecule has 1 aromatic heterocycles. The van der Waals surface area contributed by atoms with Crippen molar-refractivity contribution >= 4 is 34.7 Å². The Hall–Kier alpha value is -3.38. The Labute approximate surface area is 177 Å². The first kappa shape index (κ1) is 19.9. The fourth-order valence-electron chi connectivity index (χ4n) is 3.50. The van der Waals surface area contributed by atoms with Crippen molar-refractivity contribution in [1.29, 1.82) is 0 Å². The average molecular weight is 426 g/mol. The van der Waals surface area contributed by atoms with Crippen molar-refractivity contribution in [2.24, 2.45) is 0 Å². The summed E-state index contributed by atoms with van der Waals surface area (Å²) in [6.07, 6.45) is 2.23. The minimum absolute atomic E-state index is 0.111. The highest BCUT2D eigenvalue weighted by molar-refractivity contribution is 6.51. The summed E-state index contributed by atoms with van der Waals surface area (Å²) in [5.41, 5.74) is 1.57. The maximum absolute atomic E-state index is 13.6. The molecule has 1 amide bonds. The van der Waals surface area contributed by atoms with Crippen LogP contribution in [0.5, 0.6) is 0 Å². The number of anilines is 1. The van der Waals surface area contributed by atoms with E-state index in [-0.39, 0.29) is 27.8 Å². The number of ketones is 1. The van der Waals surface area contributed by atoms with Gasteiger partial charge in [0, 0.05) is 11.3 Å². The Balaban J connectivity index is 1.90. The zero-order valence-corrected chi connectivity index (χ0v) is 16.7. The molecule has 30 heavy (non-hydrogen) atoms. The van der Waals surface area contributed by atoms with E-state index in [9.17, 15) is 19.1 Å². The smallest absolute Gasteiger partial charge is 0.300 e. The van der Waals surface area contributed by atoms with Gasteiger partial charge in [-0.2, -0.15) is 0 Å². The van der Waals surface area contributed by atoms with Gasteiger partial charge in [-0.1, -0.05) is 42.8 Å². The molecule has 2 aromatic carbocycles. The number of carbonyl (C=O) groups excluding carboxylic acids is 2. The zero-order valence-electron chi connectivity index (χ0n) is 15.9. The van der Waals surface area contributed by atoms with E-state index in [0.29, 0.717) is 5.56 Å². The third kappa shape index (κ3) is 3.29. The molecule has 3 aromatic rings. The number of hydrogen-bond donors (Lipinski definition) is 1. The van der Waals surface area contributed by atoms with Crippen LogP contribution >= 0.6 is 11.6 Å². The molecule has 1 atom stereocenters. The minimum Gasteiger partial charge on any atom is -0.507 e.